The predicted molar refractivity (Wildman–Crippen MR) is 97.9 cm³/mol. The molecule has 0 nitrogen and oxygen atoms in total. The Morgan fingerprint density at radius 1 is 0.850 bits per heavy atom. The van der Waals surface area contributed by atoms with Gasteiger partial charge in [-0.25, -0.2) is 0 Å². The van der Waals surface area contributed by atoms with Crippen LogP contribution in [0.5, 0.6) is 0 Å². The van der Waals surface area contributed by atoms with Crippen molar-refractivity contribution in [2.75, 3.05) is 12.3 Å². The van der Waals surface area contributed by atoms with E-state index in [-0.39, 0.29) is 29.6 Å². The van der Waals surface area contributed by atoms with Gasteiger partial charge < -0.3 is 12.2 Å². The fraction of sp³-hybridized carbons (Fsp3) is 1.00. The first-order chi connectivity index (χ1) is 8.20. The Bertz CT molecular complexity index is 287. The molecule has 0 amide bonds. The van der Waals surface area contributed by atoms with Crippen LogP contribution in [0.4, 0.5) is 0 Å². The van der Waals surface area contributed by atoms with Crippen molar-refractivity contribution < 1.29 is 29.6 Å². The second-order valence-electron chi connectivity index (χ2n) is 8.92. The van der Waals surface area contributed by atoms with Crippen molar-refractivity contribution in [3.63, 3.8) is 0 Å². The Morgan fingerprint density at radius 3 is 1.30 bits per heavy atom. The predicted octanol–water partition coefficient (Wildman–Crippen LogP) is 3.08. The molecule has 0 rings (SSSR count). The Labute approximate surface area is 161 Å². The molecule has 0 spiro atoms. The third kappa shape index (κ3) is 14.9. The van der Waals surface area contributed by atoms with Crippen molar-refractivity contribution in [2.45, 2.75) is 68.2 Å². The third-order valence-electron chi connectivity index (χ3n) is 3.10. The van der Waals surface area contributed by atoms with Crippen LogP contribution < -0.4 is 29.6 Å². The maximum Gasteiger partial charge on any atom is 1.00 e. The summed E-state index contributed by atoms with van der Waals surface area (Å²) in [5, 5.41) is -1.56. The second-order valence-corrected chi connectivity index (χ2v) is 16.2. The van der Waals surface area contributed by atoms with Gasteiger partial charge >= 0.3 is 29.6 Å². The molecular weight excluding hydrogens is 310 g/mol. The Kier molecular flexibility index (Phi) is 11.3. The van der Waals surface area contributed by atoms with Crippen LogP contribution in [0, 0.1) is 22.7 Å². The van der Waals surface area contributed by atoms with E-state index < -0.39 is 5.24 Å². The quantitative estimate of drug-likeness (QED) is 0.413. The molecule has 0 bridgehead atoms. The summed E-state index contributed by atoms with van der Waals surface area (Å²) < 4.78 is 0. The minimum atomic E-state index is -1.56. The summed E-state index contributed by atoms with van der Waals surface area (Å²) in [4.78, 5) is 0. The molecule has 116 valence electrons. The van der Waals surface area contributed by atoms with Crippen LogP contribution in [-0.4, -0.2) is 12.3 Å². The van der Waals surface area contributed by atoms with Gasteiger partial charge in [0, 0.05) is 0 Å². The van der Waals surface area contributed by atoms with E-state index in [9.17, 15) is 0 Å². The largest absolute Gasteiger partial charge is 1.00 e. The molecule has 0 heterocycles. The minimum Gasteiger partial charge on any atom is -0.746 e. The summed E-state index contributed by atoms with van der Waals surface area (Å²) in [6, 6.07) is 0. The van der Waals surface area contributed by atoms with Crippen molar-refractivity contribution in [1.29, 1.82) is 0 Å². The van der Waals surface area contributed by atoms with E-state index in [0.717, 1.165) is 12.3 Å². The van der Waals surface area contributed by atoms with Crippen LogP contribution in [0.3, 0.4) is 0 Å². The summed E-state index contributed by atoms with van der Waals surface area (Å²) in [6.07, 6.45) is 4.66. The molecule has 0 aliphatic rings. The molecule has 0 saturated heterocycles. The fourth-order valence-corrected chi connectivity index (χ4v) is 8.60. The van der Waals surface area contributed by atoms with Crippen LogP contribution in [0.2, 0.25) is 0 Å². The van der Waals surface area contributed by atoms with E-state index in [4.69, 9.17) is 24.1 Å². The molecule has 2 unspecified atom stereocenters. The monoisotopic (exact) mass is 344 g/mol. The van der Waals surface area contributed by atoms with E-state index in [0.29, 0.717) is 22.7 Å². The van der Waals surface area contributed by atoms with Crippen molar-refractivity contribution in [3.05, 3.63) is 0 Å². The zero-order valence-electron chi connectivity index (χ0n) is 15.2. The summed E-state index contributed by atoms with van der Waals surface area (Å²) >= 11 is 11.6. The average Bonchev–Trinajstić information content (AvgIpc) is 1.89. The average molecular weight is 345 g/mol. The van der Waals surface area contributed by atoms with Gasteiger partial charge in [0.2, 0.25) is 0 Å². The van der Waals surface area contributed by atoms with Gasteiger partial charge in [-0.1, -0.05) is 55.4 Å². The first kappa shape index (κ1) is 24.3. The SMILES string of the molecule is CC(CC(C)(C)C)CP(=S)([S-])CC(C)CC(C)(C)C.[Na+]. The Morgan fingerprint density at radius 2 is 1.10 bits per heavy atom. The molecule has 0 N–H and O–H groups in total. The summed E-state index contributed by atoms with van der Waals surface area (Å²) in [6.45, 7) is 18.5. The van der Waals surface area contributed by atoms with E-state index in [1.54, 1.807) is 0 Å². The Balaban J connectivity index is 0. The van der Waals surface area contributed by atoms with Crippen molar-refractivity contribution in [2.24, 2.45) is 22.7 Å². The molecule has 4 heteroatoms. The summed E-state index contributed by atoms with van der Waals surface area (Å²) in [5.74, 6) is 1.34. The molecular formula is C16H34NaPS2. The summed E-state index contributed by atoms with van der Waals surface area (Å²) in [5.41, 5.74) is 0.780. The van der Waals surface area contributed by atoms with Crippen molar-refractivity contribution in [3.8, 4) is 0 Å². The second kappa shape index (κ2) is 9.33. The molecule has 20 heavy (non-hydrogen) atoms. The van der Waals surface area contributed by atoms with Gasteiger partial charge in [0.1, 0.15) is 0 Å². The van der Waals surface area contributed by atoms with Gasteiger partial charge in [0.25, 0.3) is 0 Å². The minimum absolute atomic E-state index is 0. The number of hydrogen-bond acceptors (Lipinski definition) is 2. The molecule has 0 aromatic carbocycles. The standard InChI is InChI=1S/C16H35PS2.Na/c1-13(9-15(3,4)5)11-17(18,19)12-14(2)10-16(6,7)8;/h13-14H,9-12H2,1-8H3,(H,18,19);/q;+1/p-1. The van der Waals surface area contributed by atoms with Crippen LogP contribution in [0.15, 0.2) is 0 Å². The molecule has 0 saturated carbocycles. The molecule has 2 atom stereocenters. The maximum absolute atomic E-state index is 5.80. The van der Waals surface area contributed by atoms with E-state index in [1.165, 1.54) is 12.8 Å². The van der Waals surface area contributed by atoms with Crippen molar-refractivity contribution >= 4 is 29.3 Å². The topological polar surface area (TPSA) is 0 Å². The first-order valence-electron chi connectivity index (χ1n) is 7.49. The summed E-state index contributed by atoms with van der Waals surface area (Å²) in [7, 11) is 0. The van der Waals surface area contributed by atoms with Crippen LogP contribution in [0.25, 0.3) is 0 Å². The molecule has 0 aromatic rings. The maximum atomic E-state index is 5.80. The zero-order chi connectivity index (χ0) is 15.5. The normalized spacial score (nSPS) is 18.9. The van der Waals surface area contributed by atoms with Crippen LogP contribution in [0.1, 0.15) is 68.2 Å². The smallest absolute Gasteiger partial charge is 0.746 e. The number of hydrogen-bond donors (Lipinski definition) is 0. The third-order valence-corrected chi connectivity index (χ3v) is 7.25. The molecule has 0 radical (unpaired) electrons. The number of rotatable bonds is 6. The van der Waals surface area contributed by atoms with Gasteiger partial charge in [0.15, 0.2) is 0 Å². The van der Waals surface area contributed by atoms with Gasteiger partial charge in [-0.05, 0) is 47.8 Å². The molecule has 0 fully saturated rings. The molecule has 0 aliphatic carbocycles. The van der Waals surface area contributed by atoms with Gasteiger partial charge in [-0.3, -0.25) is 0 Å². The molecule has 0 aromatic heterocycles. The van der Waals surface area contributed by atoms with Gasteiger partial charge in [-0.2, -0.15) is 5.24 Å². The van der Waals surface area contributed by atoms with Crippen LogP contribution in [-0.2, 0) is 24.1 Å². The van der Waals surface area contributed by atoms with Crippen LogP contribution >= 0.6 is 5.24 Å². The van der Waals surface area contributed by atoms with E-state index >= 15 is 0 Å². The zero-order valence-corrected chi connectivity index (χ0v) is 19.8. The fourth-order valence-electron chi connectivity index (χ4n) is 3.24. The van der Waals surface area contributed by atoms with E-state index in [2.05, 4.69) is 55.4 Å². The van der Waals surface area contributed by atoms with Gasteiger partial charge in [0.05, 0.1) is 0 Å². The van der Waals surface area contributed by atoms with E-state index in [1.807, 2.05) is 0 Å². The van der Waals surface area contributed by atoms with Crippen molar-refractivity contribution in [1.82, 2.24) is 0 Å². The molecule has 0 aliphatic heterocycles. The Hall–Kier alpha value is 2.00. The van der Waals surface area contributed by atoms with Gasteiger partial charge in [-0.15, -0.1) is 11.8 Å². The first-order valence-corrected chi connectivity index (χ1v) is 11.7.